The molecular formula is C10H19NS. The Labute approximate surface area is 80.0 Å². The van der Waals surface area contributed by atoms with E-state index in [2.05, 4.69) is 44.2 Å². The average Bonchev–Trinajstić information content (AvgIpc) is 2.02. The Morgan fingerprint density at radius 3 is 2.50 bits per heavy atom. The van der Waals surface area contributed by atoms with Crippen molar-refractivity contribution in [2.75, 3.05) is 6.54 Å². The zero-order valence-electron chi connectivity index (χ0n) is 8.29. The Kier molecular flexibility index (Phi) is 3.63. The highest BCUT2D eigenvalue weighted by molar-refractivity contribution is 8.00. The van der Waals surface area contributed by atoms with Gasteiger partial charge < -0.3 is 0 Å². The van der Waals surface area contributed by atoms with Crippen molar-refractivity contribution in [2.24, 2.45) is 16.8 Å². The normalized spacial score (nSPS) is 37.1. The molecular weight excluding hydrogens is 166 g/mol. The van der Waals surface area contributed by atoms with Crippen LogP contribution in [0.4, 0.5) is 0 Å². The summed E-state index contributed by atoms with van der Waals surface area (Å²) >= 11 is 2.09. The highest BCUT2D eigenvalue weighted by atomic mass is 32.2. The van der Waals surface area contributed by atoms with Crippen LogP contribution in [0, 0.1) is 11.8 Å². The van der Waals surface area contributed by atoms with Gasteiger partial charge in [-0.3, -0.25) is 4.99 Å². The molecule has 1 nitrogen and oxygen atoms in total. The largest absolute Gasteiger partial charge is 0.300 e. The van der Waals surface area contributed by atoms with E-state index >= 15 is 0 Å². The molecule has 0 radical (unpaired) electrons. The van der Waals surface area contributed by atoms with Gasteiger partial charge >= 0.3 is 0 Å². The van der Waals surface area contributed by atoms with Crippen molar-refractivity contribution in [3.63, 3.8) is 0 Å². The summed E-state index contributed by atoms with van der Waals surface area (Å²) in [7, 11) is 0. The maximum Gasteiger partial charge on any atom is 0.0498 e. The fraction of sp³-hybridized carbons (Fsp3) is 0.900. The van der Waals surface area contributed by atoms with E-state index in [0.29, 0.717) is 5.25 Å². The summed E-state index contributed by atoms with van der Waals surface area (Å²) in [6, 6.07) is 0. The van der Waals surface area contributed by atoms with Gasteiger partial charge in [-0.2, -0.15) is 11.8 Å². The fourth-order valence-electron chi connectivity index (χ4n) is 1.98. The molecule has 0 saturated heterocycles. The van der Waals surface area contributed by atoms with E-state index in [1.165, 1.54) is 6.42 Å². The predicted molar refractivity (Wildman–Crippen MR) is 58.2 cm³/mol. The van der Waals surface area contributed by atoms with Gasteiger partial charge in [0.15, 0.2) is 0 Å². The minimum atomic E-state index is 0.651. The second-order valence-corrected chi connectivity index (χ2v) is 5.63. The Bertz CT molecular complexity index is 150. The van der Waals surface area contributed by atoms with Crippen LogP contribution in [0.25, 0.3) is 0 Å². The first kappa shape index (κ1) is 10.1. The van der Waals surface area contributed by atoms with E-state index in [1.54, 1.807) is 0 Å². The predicted octanol–water partition coefficient (Wildman–Crippen LogP) is 2.85. The number of hydrogen-bond acceptors (Lipinski definition) is 2. The summed E-state index contributed by atoms with van der Waals surface area (Å²) < 4.78 is 0. The summed E-state index contributed by atoms with van der Waals surface area (Å²) in [5.41, 5.74) is 0. The zero-order chi connectivity index (χ0) is 9.14. The summed E-state index contributed by atoms with van der Waals surface area (Å²) in [5, 5.41) is 1.53. The summed E-state index contributed by atoms with van der Waals surface area (Å²) in [6.07, 6.45) is 1.41. The van der Waals surface area contributed by atoms with Gasteiger partial charge in [-0.1, -0.05) is 20.8 Å². The van der Waals surface area contributed by atoms with Crippen molar-refractivity contribution < 1.29 is 0 Å². The molecule has 0 N–H and O–H groups in total. The second kappa shape index (κ2) is 4.31. The lowest BCUT2D eigenvalue weighted by molar-refractivity contribution is 0.248. The smallest absolute Gasteiger partial charge is 0.0498 e. The molecule has 12 heavy (non-hydrogen) atoms. The summed E-state index contributed by atoms with van der Waals surface area (Å²) in [4.78, 5) is 3.93. The van der Waals surface area contributed by atoms with E-state index in [4.69, 9.17) is 0 Å². The second-order valence-electron chi connectivity index (χ2n) is 4.01. The molecule has 4 atom stereocenters. The minimum Gasteiger partial charge on any atom is -0.300 e. The Balaban J connectivity index is 2.25. The van der Waals surface area contributed by atoms with Crippen molar-refractivity contribution >= 4 is 18.5 Å². The maximum atomic E-state index is 3.93. The molecule has 0 spiro atoms. The van der Waals surface area contributed by atoms with Gasteiger partial charge in [0.2, 0.25) is 0 Å². The third-order valence-corrected chi connectivity index (χ3v) is 4.50. The van der Waals surface area contributed by atoms with E-state index in [0.717, 1.165) is 23.6 Å². The summed E-state index contributed by atoms with van der Waals surface area (Å²) in [5.74, 6) is 1.83. The molecule has 0 aliphatic heterocycles. The first-order valence-electron chi connectivity index (χ1n) is 4.73. The van der Waals surface area contributed by atoms with E-state index in [-0.39, 0.29) is 0 Å². The van der Waals surface area contributed by atoms with Crippen LogP contribution in [-0.2, 0) is 0 Å². The van der Waals surface area contributed by atoms with Gasteiger partial charge in [0.25, 0.3) is 0 Å². The third kappa shape index (κ3) is 2.25. The Hall–Kier alpha value is 0.0200. The zero-order valence-corrected chi connectivity index (χ0v) is 9.10. The minimum absolute atomic E-state index is 0.651. The first-order valence-corrected chi connectivity index (χ1v) is 5.67. The molecule has 0 amide bonds. The fourth-order valence-corrected chi connectivity index (χ4v) is 3.47. The van der Waals surface area contributed by atoms with E-state index < -0.39 is 0 Å². The van der Waals surface area contributed by atoms with Crippen molar-refractivity contribution in [3.8, 4) is 0 Å². The first-order chi connectivity index (χ1) is 5.65. The van der Waals surface area contributed by atoms with Gasteiger partial charge in [-0.05, 0) is 25.0 Å². The van der Waals surface area contributed by atoms with E-state index in [9.17, 15) is 0 Å². The van der Waals surface area contributed by atoms with Gasteiger partial charge in [0.05, 0.1) is 0 Å². The number of nitrogens with zero attached hydrogens (tertiary/aromatic N) is 1. The monoisotopic (exact) mass is 185 g/mol. The van der Waals surface area contributed by atoms with Crippen molar-refractivity contribution in [2.45, 2.75) is 37.7 Å². The number of aliphatic imine (C=N–C) groups is 1. The van der Waals surface area contributed by atoms with Crippen molar-refractivity contribution in [3.05, 3.63) is 0 Å². The molecule has 0 bridgehead atoms. The molecule has 1 aliphatic carbocycles. The van der Waals surface area contributed by atoms with E-state index in [1.807, 2.05) is 0 Å². The van der Waals surface area contributed by atoms with Crippen molar-refractivity contribution in [1.29, 1.82) is 0 Å². The SMILES string of the molecule is C=NC[C@H](C)SC1[C@H](C)C[C@@H]1C. The quantitative estimate of drug-likeness (QED) is 0.613. The molecule has 1 unspecified atom stereocenters. The third-order valence-electron chi connectivity index (χ3n) is 2.64. The molecule has 0 aromatic rings. The lowest BCUT2D eigenvalue weighted by atomic mass is 9.77. The lowest BCUT2D eigenvalue weighted by Gasteiger charge is -2.41. The molecule has 0 aromatic carbocycles. The molecule has 1 aliphatic rings. The highest BCUT2D eigenvalue weighted by Crippen LogP contribution is 2.43. The van der Waals surface area contributed by atoms with Crippen LogP contribution in [0.1, 0.15) is 27.2 Å². The van der Waals surface area contributed by atoms with Gasteiger partial charge in [-0.15, -0.1) is 0 Å². The van der Waals surface area contributed by atoms with Crippen LogP contribution in [0.2, 0.25) is 0 Å². The van der Waals surface area contributed by atoms with Gasteiger partial charge in [-0.25, -0.2) is 0 Å². The van der Waals surface area contributed by atoms with Crippen LogP contribution < -0.4 is 0 Å². The van der Waals surface area contributed by atoms with Crippen LogP contribution in [0.15, 0.2) is 4.99 Å². The van der Waals surface area contributed by atoms with Crippen LogP contribution >= 0.6 is 11.8 Å². The lowest BCUT2D eigenvalue weighted by Crippen LogP contribution is -2.37. The topological polar surface area (TPSA) is 12.4 Å². The molecule has 1 fully saturated rings. The van der Waals surface area contributed by atoms with Gasteiger partial charge in [0, 0.05) is 17.0 Å². The highest BCUT2D eigenvalue weighted by Gasteiger charge is 2.35. The van der Waals surface area contributed by atoms with Gasteiger partial charge in [0.1, 0.15) is 0 Å². The van der Waals surface area contributed by atoms with Crippen molar-refractivity contribution in [1.82, 2.24) is 0 Å². The van der Waals surface area contributed by atoms with Crippen LogP contribution in [0.3, 0.4) is 0 Å². The Morgan fingerprint density at radius 1 is 1.50 bits per heavy atom. The molecule has 70 valence electrons. The Morgan fingerprint density at radius 2 is 2.08 bits per heavy atom. The molecule has 1 rings (SSSR count). The number of rotatable bonds is 4. The molecule has 0 aromatic heterocycles. The number of thioether (sulfide) groups is 1. The van der Waals surface area contributed by atoms with Crippen LogP contribution in [0.5, 0.6) is 0 Å². The molecule has 1 saturated carbocycles. The standard InChI is InChI=1S/C10H19NS/c1-7-5-8(2)10(7)12-9(3)6-11-4/h7-10H,4-6H2,1-3H3/t7-,8+,9-,10?/m0/s1. The molecule has 2 heteroatoms. The summed E-state index contributed by atoms with van der Waals surface area (Å²) in [6.45, 7) is 11.4. The molecule has 0 heterocycles. The maximum absolute atomic E-state index is 3.93. The number of hydrogen-bond donors (Lipinski definition) is 0. The average molecular weight is 185 g/mol. The van der Waals surface area contributed by atoms with Crippen LogP contribution in [-0.4, -0.2) is 23.8 Å².